The van der Waals surface area contributed by atoms with Gasteiger partial charge in [-0.3, -0.25) is 14.5 Å². The molecule has 0 saturated heterocycles. The second kappa shape index (κ2) is 11.4. The van der Waals surface area contributed by atoms with Crippen molar-refractivity contribution >= 4 is 23.7 Å². The number of nitrogens with zero attached hydrogens (tertiary/aromatic N) is 3. The standard InChI is InChI=1S/C27H27N5O2/c1-3-26(33)32(2)27(34)25(16-19-7-6-8-20(15-19)18-30-29)31-23-13-11-21(12-14-23)24-10-5-4-9-22(24)17-28/h4-15,18,25,31H,3,16,29H2,1-2H3/t25-/m0/s1. The predicted octanol–water partition coefficient (Wildman–Crippen LogP) is 3.94. The van der Waals surface area contributed by atoms with Crippen molar-refractivity contribution in [2.75, 3.05) is 12.4 Å². The molecule has 0 heterocycles. The Kier molecular flexibility index (Phi) is 8.14. The van der Waals surface area contributed by atoms with Gasteiger partial charge in [0.2, 0.25) is 5.91 Å². The van der Waals surface area contributed by atoms with Crippen LogP contribution in [0.1, 0.15) is 30.0 Å². The molecule has 3 N–H and O–H groups in total. The van der Waals surface area contributed by atoms with Gasteiger partial charge in [-0.15, -0.1) is 0 Å². The number of rotatable bonds is 8. The van der Waals surface area contributed by atoms with Crippen LogP contribution >= 0.6 is 0 Å². The maximum atomic E-state index is 13.2. The first-order valence-corrected chi connectivity index (χ1v) is 11.0. The van der Waals surface area contributed by atoms with E-state index in [9.17, 15) is 14.9 Å². The number of hydrogen-bond donors (Lipinski definition) is 2. The van der Waals surface area contributed by atoms with Crippen molar-refractivity contribution in [3.05, 3.63) is 89.5 Å². The summed E-state index contributed by atoms with van der Waals surface area (Å²) in [7, 11) is 1.50. The van der Waals surface area contributed by atoms with Gasteiger partial charge in [0.25, 0.3) is 5.91 Å². The minimum Gasteiger partial charge on any atom is -0.373 e. The second-order valence-corrected chi connectivity index (χ2v) is 7.80. The van der Waals surface area contributed by atoms with E-state index in [0.717, 1.165) is 27.9 Å². The average molecular weight is 454 g/mol. The van der Waals surface area contributed by atoms with Crippen molar-refractivity contribution in [1.82, 2.24) is 4.90 Å². The molecule has 0 aliphatic carbocycles. The van der Waals surface area contributed by atoms with Crippen molar-refractivity contribution in [2.24, 2.45) is 10.9 Å². The topological polar surface area (TPSA) is 112 Å². The molecule has 0 unspecified atom stereocenters. The zero-order valence-electron chi connectivity index (χ0n) is 19.2. The van der Waals surface area contributed by atoms with Gasteiger partial charge < -0.3 is 11.2 Å². The van der Waals surface area contributed by atoms with Crippen molar-refractivity contribution in [3.8, 4) is 17.2 Å². The first kappa shape index (κ1) is 24.2. The van der Waals surface area contributed by atoms with Gasteiger partial charge in [-0.2, -0.15) is 10.4 Å². The number of nitriles is 1. The molecule has 0 aliphatic rings. The Bertz CT molecular complexity index is 1230. The largest absolute Gasteiger partial charge is 0.373 e. The lowest BCUT2D eigenvalue weighted by molar-refractivity contribution is -0.143. The summed E-state index contributed by atoms with van der Waals surface area (Å²) in [5.41, 5.74) is 4.80. The van der Waals surface area contributed by atoms with Crippen LogP contribution < -0.4 is 11.2 Å². The molecule has 0 fully saturated rings. The van der Waals surface area contributed by atoms with Crippen molar-refractivity contribution in [3.63, 3.8) is 0 Å². The zero-order chi connectivity index (χ0) is 24.5. The van der Waals surface area contributed by atoms with Crippen LogP contribution in [-0.2, 0) is 16.0 Å². The number of nitrogens with two attached hydrogens (primary N) is 1. The summed E-state index contributed by atoms with van der Waals surface area (Å²) in [5, 5.41) is 16.2. The Morgan fingerprint density at radius 3 is 2.53 bits per heavy atom. The van der Waals surface area contributed by atoms with Gasteiger partial charge in [-0.1, -0.05) is 61.5 Å². The normalized spacial score (nSPS) is 11.6. The SMILES string of the molecule is CCC(=O)N(C)C(=O)[C@H](Cc1cccc(C=NN)c1)Nc1ccc(-c2ccccc2C#N)cc1. The van der Waals surface area contributed by atoms with Gasteiger partial charge in [-0.25, -0.2) is 0 Å². The highest BCUT2D eigenvalue weighted by Gasteiger charge is 2.25. The summed E-state index contributed by atoms with van der Waals surface area (Å²) in [6.45, 7) is 1.72. The fourth-order valence-electron chi connectivity index (χ4n) is 3.70. The second-order valence-electron chi connectivity index (χ2n) is 7.80. The maximum Gasteiger partial charge on any atom is 0.251 e. The van der Waals surface area contributed by atoms with Crippen LogP contribution in [-0.4, -0.2) is 36.0 Å². The van der Waals surface area contributed by atoms with Crippen molar-refractivity contribution in [1.29, 1.82) is 5.26 Å². The van der Waals surface area contributed by atoms with Crippen LogP contribution in [0.15, 0.2) is 77.9 Å². The van der Waals surface area contributed by atoms with Crippen LogP contribution in [0.2, 0.25) is 0 Å². The third-order valence-electron chi connectivity index (χ3n) is 5.50. The highest BCUT2D eigenvalue weighted by Crippen LogP contribution is 2.25. The third kappa shape index (κ3) is 5.87. The minimum atomic E-state index is -0.664. The maximum absolute atomic E-state index is 13.2. The quantitative estimate of drug-likeness (QED) is 0.305. The molecule has 3 rings (SSSR count). The van der Waals surface area contributed by atoms with Gasteiger partial charge in [0, 0.05) is 25.6 Å². The summed E-state index contributed by atoms with van der Waals surface area (Å²) in [5.74, 6) is 4.70. The first-order valence-electron chi connectivity index (χ1n) is 11.0. The number of likely N-dealkylation sites (N-methyl/N-ethyl adjacent to an activating group) is 1. The molecule has 0 aliphatic heterocycles. The Labute approximate surface area is 199 Å². The van der Waals surface area contributed by atoms with E-state index in [4.69, 9.17) is 5.84 Å². The van der Waals surface area contributed by atoms with Crippen LogP contribution in [0.5, 0.6) is 0 Å². The molecule has 3 aromatic carbocycles. The van der Waals surface area contributed by atoms with E-state index in [1.807, 2.05) is 66.7 Å². The average Bonchev–Trinajstić information content (AvgIpc) is 2.87. The smallest absolute Gasteiger partial charge is 0.251 e. The van der Waals surface area contributed by atoms with Crippen molar-refractivity contribution in [2.45, 2.75) is 25.8 Å². The fourth-order valence-corrected chi connectivity index (χ4v) is 3.70. The molecule has 172 valence electrons. The third-order valence-corrected chi connectivity index (χ3v) is 5.50. The fraction of sp³-hybridized carbons (Fsp3) is 0.185. The number of anilines is 1. The zero-order valence-corrected chi connectivity index (χ0v) is 19.2. The van der Waals surface area contributed by atoms with Crippen molar-refractivity contribution < 1.29 is 9.59 Å². The van der Waals surface area contributed by atoms with Crippen LogP contribution in [0, 0.1) is 11.3 Å². The summed E-state index contributed by atoms with van der Waals surface area (Å²) in [6.07, 6.45) is 2.15. The summed E-state index contributed by atoms with van der Waals surface area (Å²) < 4.78 is 0. The van der Waals surface area contributed by atoms with Crippen LogP contribution in [0.4, 0.5) is 5.69 Å². The molecular weight excluding hydrogens is 426 g/mol. The molecule has 0 spiro atoms. The Balaban J connectivity index is 1.87. The summed E-state index contributed by atoms with van der Waals surface area (Å²) >= 11 is 0. The Morgan fingerprint density at radius 1 is 1.12 bits per heavy atom. The number of imide groups is 1. The number of hydrazone groups is 1. The molecular formula is C27H27N5O2. The number of nitrogens with one attached hydrogen (secondary N) is 1. The summed E-state index contributed by atoms with van der Waals surface area (Å²) in [6, 6.07) is 24.0. The molecule has 7 nitrogen and oxygen atoms in total. The van der Waals surface area contributed by atoms with E-state index in [1.54, 1.807) is 13.0 Å². The van der Waals surface area contributed by atoms with Crippen LogP contribution in [0.25, 0.3) is 11.1 Å². The van der Waals surface area contributed by atoms with E-state index in [0.29, 0.717) is 12.0 Å². The molecule has 0 saturated carbocycles. The number of hydrogen-bond acceptors (Lipinski definition) is 6. The lowest BCUT2D eigenvalue weighted by atomic mass is 9.99. The van der Waals surface area contributed by atoms with Gasteiger partial charge in [0.05, 0.1) is 17.8 Å². The highest BCUT2D eigenvalue weighted by atomic mass is 16.2. The summed E-state index contributed by atoms with van der Waals surface area (Å²) in [4.78, 5) is 26.5. The number of carbonyl (C=O) groups is 2. The molecule has 0 aromatic heterocycles. The number of benzene rings is 3. The molecule has 0 radical (unpaired) electrons. The molecule has 7 heteroatoms. The Morgan fingerprint density at radius 2 is 1.85 bits per heavy atom. The molecule has 0 bridgehead atoms. The predicted molar refractivity (Wildman–Crippen MR) is 134 cm³/mol. The number of amides is 2. The molecule has 3 aromatic rings. The van der Waals surface area contributed by atoms with Gasteiger partial charge in [-0.05, 0) is 40.5 Å². The molecule has 34 heavy (non-hydrogen) atoms. The van der Waals surface area contributed by atoms with Gasteiger partial charge in [0.15, 0.2) is 0 Å². The molecule has 1 atom stereocenters. The minimum absolute atomic E-state index is 0.240. The van der Waals surface area contributed by atoms with Crippen LogP contribution in [0.3, 0.4) is 0 Å². The first-order chi connectivity index (χ1) is 16.5. The lowest BCUT2D eigenvalue weighted by Crippen LogP contribution is -2.44. The van der Waals surface area contributed by atoms with Gasteiger partial charge in [0.1, 0.15) is 6.04 Å². The van der Waals surface area contributed by atoms with E-state index in [1.165, 1.54) is 18.2 Å². The monoisotopic (exact) mass is 453 g/mol. The lowest BCUT2D eigenvalue weighted by Gasteiger charge is -2.24. The number of carbonyl (C=O) groups excluding carboxylic acids is 2. The van der Waals surface area contributed by atoms with E-state index < -0.39 is 6.04 Å². The molecule has 2 amide bonds. The van der Waals surface area contributed by atoms with E-state index in [2.05, 4.69) is 16.5 Å². The van der Waals surface area contributed by atoms with E-state index >= 15 is 0 Å². The highest BCUT2D eigenvalue weighted by molar-refractivity contribution is 5.98. The van der Waals surface area contributed by atoms with E-state index in [-0.39, 0.29) is 18.2 Å². The Hall–Kier alpha value is -4.44. The van der Waals surface area contributed by atoms with Gasteiger partial charge >= 0.3 is 0 Å².